The zero-order chi connectivity index (χ0) is 19.5. The van der Waals surface area contributed by atoms with Crippen molar-refractivity contribution in [3.05, 3.63) is 70.8 Å². The number of allylic oxidation sites excluding steroid dienone is 2. The lowest BCUT2D eigenvalue weighted by Crippen LogP contribution is -2.10. The van der Waals surface area contributed by atoms with Gasteiger partial charge in [0.25, 0.3) is 0 Å². The van der Waals surface area contributed by atoms with Gasteiger partial charge < -0.3 is 0 Å². The maximum Gasteiger partial charge on any atom is 0.0477 e. The van der Waals surface area contributed by atoms with Crippen LogP contribution in [0, 0.1) is 24.7 Å². The summed E-state index contributed by atoms with van der Waals surface area (Å²) in [6, 6.07) is 16.8. The highest BCUT2D eigenvalue weighted by molar-refractivity contribution is 6.03. The summed E-state index contributed by atoms with van der Waals surface area (Å²) in [6.07, 6.45) is 11.7. The fourth-order valence-corrected chi connectivity index (χ4v) is 2.87. The smallest absolute Gasteiger partial charge is 0.0477 e. The number of terminal acetylenes is 2. The molecular weight excluding hydrogens is 312 g/mol. The van der Waals surface area contributed by atoms with Crippen molar-refractivity contribution >= 4 is 11.1 Å². The molecule has 2 rings (SSSR count). The molecule has 0 aromatic heterocycles. The van der Waals surface area contributed by atoms with Gasteiger partial charge >= 0.3 is 0 Å². The minimum absolute atomic E-state index is 0.107. The van der Waals surface area contributed by atoms with Gasteiger partial charge in [-0.05, 0) is 33.1 Å². The van der Waals surface area contributed by atoms with Gasteiger partial charge in [-0.25, -0.2) is 0 Å². The van der Waals surface area contributed by atoms with E-state index >= 15 is 0 Å². The fraction of sp³-hybridized carbons (Fsp3) is 0.308. The van der Waals surface area contributed by atoms with Crippen LogP contribution in [0.4, 0.5) is 0 Å². The van der Waals surface area contributed by atoms with Crippen LogP contribution in [0.2, 0.25) is 0 Å². The normalized spacial score (nSPS) is 12.8. The average Bonchev–Trinajstić information content (AvgIpc) is 2.58. The summed E-state index contributed by atoms with van der Waals surface area (Å²) in [6.45, 7) is 13.2. The molecule has 0 spiro atoms. The van der Waals surface area contributed by atoms with E-state index in [9.17, 15) is 0 Å². The Morgan fingerprint density at radius 3 is 1.04 bits per heavy atom. The van der Waals surface area contributed by atoms with Crippen LogP contribution < -0.4 is 0 Å². The second-order valence-corrected chi connectivity index (χ2v) is 8.69. The monoisotopic (exact) mass is 340 g/mol. The molecule has 132 valence electrons. The molecule has 0 N–H and O–H groups in total. The molecule has 0 radical (unpaired) electrons. The highest BCUT2D eigenvalue weighted by atomic mass is 14.2. The number of rotatable bonds is 2. The molecule has 0 atom stereocenters. The summed E-state index contributed by atoms with van der Waals surface area (Å²) in [7, 11) is 0. The maximum absolute atomic E-state index is 5.84. The van der Waals surface area contributed by atoms with Gasteiger partial charge in [-0.15, -0.1) is 12.8 Å². The van der Waals surface area contributed by atoms with Gasteiger partial charge in [0.2, 0.25) is 0 Å². The Balaban J connectivity index is 2.52. The SMILES string of the molecule is C#C/C(=C(/C#C)c1ccc(C(C)(C)C)cc1)c1ccc(C(C)(C)C)cc1. The van der Waals surface area contributed by atoms with Crippen molar-refractivity contribution in [2.45, 2.75) is 52.4 Å². The van der Waals surface area contributed by atoms with Crippen molar-refractivity contribution in [3.63, 3.8) is 0 Å². The highest BCUT2D eigenvalue weighted by Crippen LogP contribution is 2.30. The van der Waals surface area contributed by atoms with Gasteiger partial charge in [-0.2, -0.15) is 0 Å². The first-order valence-electron chi connectivity index (χ1n) is 8.97. The van der Waals surface area contributed by atoms with E-state index in [1.165, 1.54) is 11.1 Å². The zero-order valence-corrected chi connectivity index (χ0v) is 16.8. The van der Waals surface area contributed by atoms with Crippen molar-refractivity contribution < 1.29 is 0 Å². The molecular formula is C26H28. The molecule has 0 bridgehead atoms. The minimum atomic E-state index is 0.107. The molecule has 0 amide bonds. The van der Waals surface area contributed by atoms with Crippen LogP contribution >= 0.6 is 0 Å². The van der Waals surface area contributed by atoms with E-state index in [4.69, 9.17) is 12.8 Å². The molecule has 0 saturated heterocycles. The van der Waals surface area contributed by atoms with Crippen molar-refractivity contribution in [1.82, 2.24) is 0 Å². The van der Waals surface area contributed by atoms with Gasteiger partial charge in [0, 0.05) is 11.1 Å². The summed E-state index contributed by atoms with van der Waals surface area (Å²) >= 11 is 0. The van der Waals surface area contributed by atoms with Crippen molar-refractivity contribution in [2.24, 2.45) is 0 Å². The second-order valence-electron chi connectivity index (χ2n) is 8.69. The van der Waals surface area contributed by atoms with E-state index in [2.05, 4.69) is 102 Å². The average molecular weight is 341 g/mol. The van der Waals surface area contributed by atoms with Crippen LogP contribution in [0.1, 0.15) is 63.8 Å². The Bertz CT molecular complexity index is 798. The van der Waals surface area contributed by atoms with Crippen LogP contribution in [-0.2, 0) is 10.8 Å². The van der Waals surface area contributed by atoms with Crippen LogP contribution in [0.5, 0.6) is 0 Å². The molecule has 0 heterocycles. The van der Waals surface area contributed by atoms with Crippen molar-refractivity contribution in [1.29, 1.82) is 0 Å². The minimum Gasteiger partial charge on any atom is -0.115 e. The summed E-state index contributed by atoms with van der Waals surface area (Å²) in [4.78, 5) is 0. The molecule has 0 aliphatic heterocycles. The van der Waals surface area contributed by atoms with Crippen LogP contribution in [0.15, 0.2) is 48.5 Å². The summed E-state index contributed by atoms with van der Waals surface area (Å²) in [5.74, 6) is 5.62. The standard InChI is InChI=1S/C26H28/c1-9-23(19-11-15-21(16-12-19)25(3,4)5)24(10-2)20-13-17-22(18-14-20)26(6,7)8/h1-2,11-18H,3-8H3/b24-23+. The van der Waals surface area contributed by atoms with Gasteiger partial charge in [-0.3, -0.25) is 0 Å². The Morgan fingerprint density at radius 2 is 0.846 bits per heavy atom. The Morgan fingerprint density at radius 1 is 0.577 bits per heavy atom. The van der Waals surface area contributed by atoms with Gasteiger partial charge in [0.05, 0.1) is 0 Å². The zero-order valence-electron chi connectivity index (χ0n) is 16.8. The van der Waals surface area contributed by atoms with E-state index < -0.39 is 0 Å². The molecule has 0 aliphatic rings. The third-order valence-corrected chi connectivity index (χ3v) is 4.62. The first kappa shape index (κ1) is 19.6. The van der Waals surface area contributed by atoms with E-state index in [-0.39, 0.29) is 10.8 Å². The van der Waals surface area contributed by atoms with E-state index in [1.807, 2.05) is 0 Å². The van der Waals surface area contributed by atoms with Crippen molar-refractivity contribution in [3.8, 4) is 24.7 Å². The predicted molar refractivity (Wildman–Crippen MR) is 115 cm³/mol. The van der Waals surface area contributed by atoms with E-state index in [0.29, 0.717) is 0 Å². The van der Waals surface area contributed by atoms with Crippen molar-refractivity contribution in [2.75, 3.05) is 0 Å². The first-order chi connectivity index (χ1) is 12.1. The Hall–Kier alpha value is -2.70. The molecule has 2 aromatic rings. The topological polar surface area (TPSA) is 0 Å². The quantitative estimate of drug-likeness (QED) is 0.435. The molecule has 26 heavy (non-hydrogen) atoms. The predicted octanol–water partition coefficient (Wildman–Crippen LogP) is 6.46. The van der Waals surface area contributed by atoms with Gasteiger partial charge in [-0.1, -0.05) is 102 Å². The first-order valence-corrected chi connectivity index (χ1v) is 8.97. The largest absolute Gasteiger partial charge is 0.115 e. The molecule has 0 saturated carbocycles. The van der Waals surface area contributed by atoms with E-state index in [1.54, 1.807) is 0 Å². The lowest BCUT2D eigenvalue weighted by Gasteiger charge is -2.20. The molecule has 2 aromatic carbocycles. The molecule has 0 aliphatic carbocycles. The molecule has 0 unspecified atom stereocenters. The molecule has 0 heteroatoms. The van der Waals surface area contributed by atoms with Gasteiger partial charge in [0.1, 0.15) is 0 Å². The Kier molecular flexibility index (Phi) is 5.49. The highest BCUT2D eigenvalue weighted by Gasteiger charge is 2.16. The van der Waals surface area contributed by atoms with E-state index in [0.717, 1.165) is 22.3 Å². The third kappa shape index (κ3) is 4.28. The summed E-state index contributed by atoms with van der Waals surface area (Å²) in [5, 5.41) is 0. The lowest BCUT2D eigenvalue weighted by molar-refractivity contribution is 0.590. The molecule has 0 fully saturated rings. The van der Waals surface area contributed by atoms with Crippen LogP contribution in [0.25, 0.3) is 11.1 Å². The third-order valence-electron chi connectivity index (χ3n) is 4.62. The fourth-order valence-electron chi connectivity index (χ4n) is 2.87. The summed E-state index contributed by atoms with van der Waals surface area (Å²) < 4.78 is 0. The maximum atomic E-state index is 5.84. The van der Waals surface area contributed by atoms with Crippen LogP contribution in [0.3, 0.4) is 0 Å². The summed E-state index contributed by atoms with van der Waals surface area (Å²) in [5.41, 5.74) is 6.24. The Labute approximate surface area is 159 Å². The number of benzene rings is 2. The number of hydrogen-bond donors (Lipinski definition) is 0. The molecule has 0 nitrogen and oxygen atoms in total. The number of hydrogen-bond acceptors (Lipinski definition) is 0. The van der Waals surface area contributed by atoms with Crippen LogP contribution in [-0.4, -0.2) is 0 Å². The second kappa shape index (κ2) is 7.27. The lowest BCUT2D eigenvalue weighted by atomic mass is 9.84. The van der Waals surface area contributed by atoms with Gasteiger partial charge in [0.15, 0.2) is 0 Å².